The van der Waals surface area contributed by atoms with Gasteiger partial charge in [-0.15, -0.1) is 10.2 Å². The molecule has 22 heavy (non-hydrogen) atoms. The van der Waals surface area contributed by atoms with Crippen LogP contribution in [0.25, 0.3) is 10.6 Å². The molecule has 3 aromatic rings. The summed E-state index contributed by atoms with van der Waals surface area (Å²) in [5.74, 6) is -0.195. The number of hydrogen-bond acceptors (Lipinski definition) is 4. The number of hydrogen-bond donors (Lipinski definition) is 1. The fourth-order valence-corrected chi connectivity index (χ4v) is 2.87. The largest absolute Gasteiger partial charge is 0.296 e. The van der Waals surface area contributed by atoms with Gasteiger partial charge in [0.25, 0.3) is 5.91 Å². The molecule has 4 nitrogen and oxygen atoms in total. The van der Waals surface area contributed by atoms with Crippen molar-refractivity contribution in [1.29, 1.82) is 0 Å². The van der Waals surface area contributed by atoms with Gasteiger partial charge in [0, 0.05) is 15.6 Å². The monoisotopic (exact) mass is 373 g/mol. The van der Waals surface area contributed by atoms with Gasteiger partial charge in [-0.3, -0.25) is 10.1 Å². The van der Waals surface area contributed by atoms with Crippen molar-refractivity contribution in [2.45, 2.75) is 6.92 Å². The van der Waals surface area contributed by atoms with E-state index in [1.165, 1.54) is 16.9 Å². The lowest BCUT2D eigenvalue weighted by molar-refractivity contribution is 0.102. The van der Waals surface area contributed by atoms with Crippen molar-refractivity contribution in [3.05, 3.63) is 64.1 Å². The molecule has 2 aromatic carbocycles. The van der Waals surface area contributed by atoms with Gasteiger partial charge in [-0.05, 0) is 31.2 Å². The summed E-state index contributed by atoms with van der Waals surface area (Å²) in [6, 6.07) is 15.2. The lowest BCUT2D eigenvalue weighted by Crippen LogP contribution is -2.11. The van der Waals surface area contributed by atoms with Crippen LogP contribution < -0.4 is 5.32 Å². The number of aryl methyl sites for hydroxylation is 1. The third kappa shape index (κ3) is 3.40. The van der Waals surface area contributed by atoms with Crippen LogP contribution in [0, 0.1) is 6.92 Å². The minimum absolute atomic E-state index is 0.195. The first-order valence-electron chi connectivity index (χ1n) is 6.59. The second-order valence-electron chi connectivity index (χ2n) is 4.74. The zero-order chi connectivity index (χ0) is 15.5. The average Bonchev–Trinajstić information content (AvgIpc) is 2.97. The predicted molar refractivity (Wildman–Crippen MR) is 92.2 cm³/mol. The molecule has 0 saturated heterocycles. The maximum atomic E-state index is 12.1. The Balaban J connectivity index is 1.75. The van der Waals surface area contributed by atoms with Crippen LogP contribution in [0.1, 0.15) is 15.9 Å². The highest BCUT2D eigenvalue weighted by Gasteiger charge is 2.11. The van der Waals surface area contributed by atoms with Crippen molar-refractivity contribution in [3.63, 3.8) is 0 Å². The van der Waals surface area contributed by atoms with Crippen LogP contribution in [0.3, 0.4) is 0 Å². The molecule has 0 fully saturated rings. The number of rotatable bonds is 3. The standard InChI is InChI=1S/C16H12BrN3OS/c1-10-2-4-12(5-3-10)15-19-20-16(22-15)18-14(21)11-6-8-13(17)9-7-11/h2-9H,1H3,(H,18,20,21). The van der Waals surface area contributed by atoms with Gasteiger partial charge >= 0.3 is 0 Å². The summed E-state index contributed by atoms with van der Waals surface area (Å²) in [5, 5.41) is 12.2. The Hall–Kier alpha value is -2.05. The molecule has 3 rings (SSSR count). The quantitative estimate of drug-likeness (QED) is 0.733. The van der Waals surface area contributed by atoms with Crippen LogP contribution in [0.15, 0.2) is 53.0 Å². The van der Waals surface area contributed by atoms with Gasteiger partial charge in [-0.1, -0.05) is 57.1 Å². The van der Waals surface area contributed by atoms with Gasteiger partial charge in [0.15, 0.2) is 0 Å². The molecule has 1 aromatic heterocycles. The van der Waals surface area contributed by atoms with E-state index in [1.807, 2.05) is 43.3 Å². The lowest BCUT2D eigenvalue weighted by Gasteiger charge is -2.00. The minimum Gasteiger partial charge on any atom is -0.296 e. The molecule has 0 aliphatic rings. The van der Waals surface area contributed by atoms with Gasteiger partial charge in [0.2, 0.25) is 5.13 Å². The van der Waals surface area contributed by atoms with Crippen molar-refractivity contribution >= 4 is 38.3 Å². The molecule has 0 aliphatic carbocycles. The summed E-state index contributed by atoms with van der Waals surface area (Å²) in [5.41, 5.74) is 2.76. The van der Waals surface area contributed by atoms with E-state index in [1.54, 1.807) is 12.1 Å². The Bertz CT molecular complexity index is 797. The lowest BCUT2D eigenvalue weighted by atomic mass is 10.2. The molecule has 6 heteroatoms. The molecule has 0 unspecified atom stereocenters. The zero-order valence-electron chi connectivity index (χ0n) is 11.7. The molecule has 0 aliphatic heterocycles. The molecule has 110 valence electrons. The van der Waals surface area contributed by atoms with Crippen LogP contribution in [0.2, 0.25) is 0 Å². The molecular weight excluding hydrogens is 362 g/mol. The molecular formula is C16H12BrN3OS. The summed E-state index contributed by atoms with van der Waals surface area (Å²) < 4.78 is 0.932. The van der Waals surface area contributed by atoms with Gasteiger partial charge in [-0.2, -0.15) is 0 Å². The van der Waals surface area contributed by atoms with E-state index in [4.69, 9.17) is 0 Å². The highest BCUT2D eigenvalue weighted by molar-refractivity contribution is 9.10. The van der Waals surface area contributed by atoms with E-state index in [9.17, 15) is 4.79 Å². The van der Waals surface area contributed by atoms with Crippen molar-refractivity contribution in [2.75, 3.05) is 5.32 Å². The van der Waals surface area contributed by atoms with Crippen molar-refractivity contribution < 1.29 is 4.79 Å². The maximum absolute atomic E-state index is 12.1. The van der Waals surface area contributed by atoms with E-state index in [2.05, 4.69) is 31.4 Å². The first-order chi connectivity index (χ1) is 10.6. The Morgan fingerprint density at radius 2 is 1.73 bits per heavy atom. The summed E-state index contributed by atoms with van der Waals surface area (Å²) in [7, 11) is 0. The first kappa shape index (κ1) is 14.9. The zero-order valence-corrected chi connectivity index (χ0v) is 14.1. The topological polar surface area (TPSA) is 54.9 Å². The Morgan fingerprint density at radius 3 is 2.41 bits per heavy atom. The molecule has 0 saturated carbocycles. The molecule has 1 N–H and O–H groups in total. The third-order valence-corrected chi connectivity index (χ3v) is 4.47. The number of nitrogens with one attached hydrogen (secondary N) is 1. The van der Waals surface area contributed by atoms with Gasteiger partial charge in [0.05, 0.1) is 0 Å². The fourth-order valence-electron chi connectivity index (χ4n) is 1.86. The normalized spacial score (nSPS) is 10.5. The predicted octanol–water partition coefficient (Wildman–Crippen LogP) is 4.53. The number of anilines is 1. The summed E-state index contributed by atoms with van der Waals surface area (Å²) in [4.78, 5) is 12.1. The average molecular weight is 374 g/mol. The Morgan fingerprint density at radius 1 is 1.05 bits per heavy atom. The van der Waals surface area contributed by atoms with Crippen LogP contribution in [-0.4, -0.2) is 16.1 Å². The van der Waals surface area contributed by atoms with E-state index < -0.39 is 0 Å². The van der Waals surface area contributed by atoms with Crippen molar-refractivity contribution in [1.82, 2.24) is 10.2 Å². The molecule has 1 heterocycles. The molecule has 0 radical (unpaired) electrons. The number of nitrogens with zero attached hydrogens (tertiary/aromatic N) is 2. The third-order valence-electron chi connectivity index (χ3n) is 3.05. The highest BCUT2D eigenvalue weighted by atomic mass is 79.9. The molecule has 0 atom stereocenters. The number of amides is 1. The van der Waals surface area contributed by atoms with E-state index in [0.29, 0.717) is 10.7 Å². The van der Waals surface area contributed by atoms with Gasteiger partial charge < -0.3 is 0 Å². The summed E-state index contributed by atoms with van der Waals surface area (Å²) in [6.07, 6.45) is 0. The SMILES string of the molecule is Cc1ccc(-c2nnc(NC(=O)c3ccc(Br)cc3)s2)cc1. The fraction of sp³-hybridized carbons (Fsp3) is 0.0625. The van der Waals surface area contributed by atoms with Gasteiger partial charge in [-0.25, -0.2) is 0 Å². The number of halogens is 1. The van der Waals surface area contributed by atoms with Crippen LogP contribution in [-0.2, 0) is 0 Å². The van der Waals surface area contributed by atoms with Crippen LogP contribution >= 0.6 is 27.3 Å². The molecule has 0 spiro atoms. The molecule has 1 amide bonds. The van der Waals surface area contributed by atoms with Crippen molar-refractivity contribution in [2.24, 2.45) is 0 Å². The Labute approximate surface area is 140 Å². The summed E-state index contributed by atoms with van der Waals surface area (Å²) >= 11 is 4.70. The number of benzene rings is 2. The number of aromatic nitrogens is 2. The van der Waals surface area contributed by atoms with Gasteiger partial charge in [0.1, 0.15) is 5.01 Å². The van der Waals surface area contributed by atoms with Crippen LogP contribution in [0.4, 0.5) is 5.13 Å². The molecule has 0 bridgehead atoms. The maximum Gasteiger partial charge on any atom is 0.257 e. The summed E-state index contributed by atoms with van der Waals surface area (Å²) in [6.45, 7) is 2.04. The van der Waals surface area contributed by atoms with Crippen LogP contribution in [0.5, 0.6) is 0 Å². The highest BCUT2D eigenvalue weighted by Crippen LogP contribution is 2.26. The number of carbonyl (C=O) groups is 1. The first-order valence-corrected chi connectivity index (χ1v) is 8.20. The van der Waals surface area contributed by atoms with E-state index in [-0.39, 0.29) is 5.91 Å². The Kier molecular flexibility index (Phi) is 4.31. The number of carbonyl (C=O) groups excluding carboxylic acids is 1. The minimum atomic E-state index is -0.195. The van der Waals surface area contributed by atoms with Crippen molar-refractivity contribution in [3.8, 4) is 10.6 Å². The second-order valence-corrected chi connectivity index (χ2v) is 6.63. The van der Waals surface area contributed by atoms with E-state index in [0.717, 1.165) is 15.0 Å². The smallest absolute Gasteiger partial charge is 0.257 e. The second kappa shape index (κ2) is 6.37. The van der Waals surface area contributed by atoms with E-state index >= 15 is 0 Å².